The molecule has 114 valence electrons. The Balaban J connectivity index is 1.98. The average Bonchev–Trinajstić information content (AvgIpc) is 2.48. The van der Waals surface area contributed by atoms with Gasteiger partial charge in [-0.25, -0.2) is 0 Å². The highest BCUT2D eigenvalue weighted by molar-refractivity contribution is 5.92. The molecule has 0 fully saturated rings. The molecule has 0 saturated carbocycles. The van der Waals surface area contributed by atoms with Gasteiger partial charge in [-0.3, -0.25) is 14.9 Å². The number of hydrogen-bond acceptors (Lipinski definition) is 3. The lowest BCUT2D eigenvalue weighted by molar-refractivity contribution is -0.384. The Bertz CT molecular complexity index is 694. The molecule has 0 spiro atoms. The molecule has 0 aliphatic rings. The van der Waals surface area contributed by atoms with Crippen molar-refractivity contribution < 1.29 is 9.72 Å². The van der Waals surface area contributed by atoms with Crippen molar-refractivity contribution >= 4 is 17.3 Å². The number of carbonyl (C=O) groups excluding carboxylic acids is 1. The molecule has 0 unspecified atom stereocenters. The third-order valence-electron chi connectivity index (χ3n) is 3.47. The fourth-order valence-electron chi connectivity index (χ4n) is 2.08. The van der Waals surface area contributed by atoms with E-state index < -0.39 is 4.92 Å². The summed E-state index contributed by atoms with van der Waals surface area (Å²) >= 11 is 0. The number of nitro groups is 1. The Kier molecular flexibility index (Phi) is 4.88. The molecule has 5 nitrogen and oxygen atoms in total. The van der Waals surface area contributed by atoms with Crippen molar-refractivity contribution in [1.82, 2.24) is 0 Å². The molecule has 0 aromatic heterocycles. The normalized spacial score (nSPS) is 10.3. The number of amides is 1. The van der Waals surface area contributed by atoms with Crippen molar-refractivity contribution in [3.05, 3.63) is 69.3 Å². The summed E-state index contributed by atoms with van der Waals surface area (Å²) in [5, 5.41) is 13.5. The fourth-order valence-corrected chi connectivity index (χ4v) is 2.08. The molecule has 1 amide bonds. The van der Waals surface area contributed by atoms with E-state index in [1.165, 1.54) is 17.7 Å². The van der Waals surface area contributed by atoms with E-state index in [1.54, 1.807) is 13.0 Å². The summed E-state index contributed by atoms with van der Waals surface area (Å²) in [4.78, 5) is 22.3. The molecule has 0 saturated heterocycles. The van der Waals surface area contributed by atoms with E-state index in [9.17, 15) is 14.9 Å². The Hall–Kier alpha value is -2.69. The largest absolute Gasteiger partial charge is 0.326 e. The molecule has 0 heterocycles. The van der Waals surface area contributed by atoms with Crippen LogP contribution in [-0.4, -0.2) is 10.8 Å². The quantitative estimate of drug-likeness (QED) is 0.674. The van der Waals surface area contributed by atoms with Gasteiger partial charge < -0.3 is 5.32 Å². The number of carbonyl (C=O) groups is 1. The lowest BCUT2D eigenvalue weighted by Crippen LogP contribution is -2.13. The van der Waals surface area contributed by atoms with Gasteiger partial charge in [0.2, 0.25) is 5.91 Å². The van der Waals surface area contributed by atoms with E-state index in [0.29, 0.717) is 18.5 Å². The Morgan fingerprint density at radius 3 is 2.45 bits per heavy atom. The number of non-ortho nitro benzene ring substituents is 1. The summed E-state index contributed by atoms with van der Waals surface area (Å²) in [5.41, 5.74) is 3.54. The highest BCUT2D eigenvalue weighted by Gasteiger charge is 2.11. The van der Waals surface area contributed by atoms with Gasteiger partial charge in [0.25, 0.3) is 5.69 Å². The first-order chi connectivity index (χ1) is 10.5. The van der Waals surface area contributed by atoms with Gasteiger partial charge in [0, 0.05) is 18.6 Å². The monoisotopic (exact) mass is 298 g/mol. The standard InChI is InChI=1S/C17H18N2O3/c1-12-3-6-14(7-4-12)8-10-17(20)18-16-11-15(19(21)22)9-5-13(16)2/h3-7,9,11H,8,10H2,1-2H3,(H,18,20). The first-order valence-electron chi connectivity index (χ1n) is 7.06. The van der Waals surface area contributed by atoms with Crippen LogP contribution < -0.4 is 5.32 Å². The fraction of sp³-hybridized carbons (Fsp3) is 0.235. The zero-order valence-corrected chi connectivity index (χ0v) is 12.6. The molecule has 0 aliphatic heterocycles. The number of anilines is 1. The van der Waals surface area contributed by atoms with Gasteiger partial charge in [-0.15, -0.1) is 0 Å². The van der Waals surface area contributed by atoms with E-state index in [-0.39, 0.29) is 11.6 Å². The second-order valence-electron chi connectivity index (χ2n) is 5.29. The zero-order chi connectivity index (χ0) is 16.1. The molecule has 0 bridgehead atoms. The third kappa shape index (κ3) is 4.15. The van der Waals surface area contributed by atoms with E-state index in [0.717, 1.165) is 11.1 Å². The van der Waals surface area contributed by atoms with Crippen LogP contribution in [0.3, 0.4) is 0 Å². The van der Waals surface area contributed by atoms with Crippen LogP contribution in [0.25, 0.3) is 0 Å². The minimum absolute atomic E-state index is 0.0283. The van der Waals surface area contributed by atoms with E-state index >= 15 is 0 Å². The maximum atomic E-state index is 12.0. The number of nitrogens with one attached hydrogen (secondary N) is 1. The van der Waals surface area contributed by atoms with E-state index in [1.807, 2.05) is 31.2 Å². The van der Waals surface area contributed by atoms with Gasteiger partial charge in [-0.2, -0.15) is 0 Å². The predicted octanol–water partition coefficient (Wildman–Crippen LogP) is 3.78. The van der Waals surface area contributed by atoms with Crippen molar-refractivity contribution in [2.24, 2.45) is 0 Å². The van der Waals surface area contributed by atoms with Crippen molar-refractivity contribution in [2.45, 2.75) is 26.7 Å². The minimum atomic E-state index is -0.471. The van der Waals surface area contributed by atoms with Gasteiger partial charge in [0.05, 0.1) is 10.6 Å². The van der Waals surface area contributed by atoms with Crippen LogP contribution in [0.1, 0.15) is 23.1 Å². The van der Waals surface area contributed by atoms with E-state index in [4.69, 9.17) is 0 Å². The summed E-state index contributed by atoms with van der Waals surface area (Å²) in [5.74, 6) is -0.149. The van der Waals surface area contributed by atoms with Gasteiger partial charge in [0.1, 0.15) is 0 Å². The molecular weight excluding hydrogens is 280 g/mol. The number of nitro benzene ring substituents is 1. The topological polar surface area (TPSA) is 72.2 Å². The second-order valence-corrected chi connectivity index (χ2v) is 5.29. The lowest BCUT2D eigenvalue weighted by atomic mass is 10.1. The van der Waals surface area contributed by atoms with Crippen molar-refractivity contribution in [3.63, 3.8) is 0 Å². The zero-order valence-electron chi connectivity index (χ0n) is 12.6. The first-order valence-corrected chi connectivity index (χ1v) is 7.06. The van der Waals surface area contributed by atoms with Gasteiger partial charge in [0.15, 0.2) is 0 Å². The molecule has 1 N–H and O–H groups in total. The number of aryl methyl sites for hydroxylation is 3. The summed E-state index contributed by atoms with van der Waals surface area (Å²) < 4.78 is 0. The SMILES string of the molecule is Cc1ccc(CCC(=O)Nc2cc([N+](=O)[O-])ccc2C)cc1. The number of hydrogen-bond donors (Lipinski definition) is 1. The Morgan fingerprint density at radius 1 is 1.14 bits per heavy atom. The predicted molar refractivity (Wildman–Crippen MR) is 86.0 cm³/mol. The molecule has 5 heteroatoms. The molecule has 0 atom stereocenters. The first kappa shape index (κ1) is 15.7. The van der Waals surface area contributed by atoms with Crippen LogP contribution in [0.4, 0.5) is 11.4 Å². The van der Waals surface area contributed by atoms with Gasteiger partial charge in [-0.1, -0.05) is 35.9 Å². The van der Waals surface area contributed by atoms with Gasteiger partial charge in [-0.05, 0) is 31.4 Å². The minimum Gasteiger partial charge on any atom is -0.326 e. The van der Waals surface area contributed by atoms with Crippen molar-refractivity contribution in [3.8, 4) is 0 Å². The van der Waals surface area contributed by atoms with Crippen LogP contribution in [0.2, 0.25) is 0 Å². The highest BCUT2D eigenvalue weighted by Crippen LogP contribution is 2.22. The highest BCUT2D eigenvalue weighted by atomic mass is 16.6. The second kappa shape index (κ2) is 6.85. The average molecular weight is 298 g/mol. The maximum Gasteiger partial charge on any atom is 0.271 e. The Morgan fingerprint density at radius 2 is 1.82 bits per heavy atom. The Labute approximate surface area is 129 Å². The maximum absolute atomic E-state index is 12.0. The van der Waals surface area contributed by atoms with Crippen LogP contribution in [0, 0.1) is 24.0 Å². The molecule has 2 aromatic carbocycles. The molecule has 0 radical (unpaired) electrons. The summed E-state index contributed by atoms with van der Waals surface area (Å²) in [6, 6.07) is 12.5. The lowest BCUT2D eigenvalue weighted by Gasteiger charge is -2.08. The molecule has 0 aliphatic carbocycles. The number of nitrogens with zero attached hydrogens (tertiary/aromatic N) is 1. The van der Waals surface area contributed by atoms with Crippen LogP contribution in [0.15, 0.2) is 42.5 Å². The smallest absolute Gasteiger partial charge is 0.271 e. The summed E-state index contributed by atoms with van der Waals surface area (Å²) in [6.45, 7) is 3.82. The van der Waals surface area contributed by atoms with Crippen LogP contribution >= 0.6 is 0 Å². The summed E-state index contributed by atoms with van der Waals surface area (Å²) in [7, 11) is 0. The number of benzene rings is 2. The van der Waals surface area contributed by atoms with Crippen molar-refractivity contribution in [1.29, 1.82) is 0 Å². The molecular formula is C17H18N2O3. The van der Waals surface area contributed by atoms with E-state index in [2.05, 4.69) is 5.32 Å². The molecule has 2 rings (SSSR count). The molecule has 2 aromatic rings. The van der Waals surface area contributed by atoms with Crippen molar-refractivity contribution in [2.75, 3.05) is 5.32 Å². The van der Waals surface area contributed by atoms with Crippen LogP contribution in [0.5, 0.6) is 0 Å². The van der Waals surface area contributed by atoms with Crippen LogP contribution in [-0.2, 0) is 11.2 Å². The molecule has 22 heavy (non-hydrogen) atoms. The third-order valence-corrected chi connectivity index (χ3v) is 3.47. The number of rotatable bonds is 5. The summed E-state index contributed by atoms with van der Waals surface area (Å²) in [6.07, 6.45) is 0.977. The van der Waals surface area contributed by atoms with Gasteiger partial charge >= 0.3 is 0 Å².